The largest absolute Gasteiger partial charge is 0.324 e. The first-order valence-electron chi connectivity index (χ1n) is 7.36. The Labute approximate surface area is 123 Å². The second-order valence-corrected chi connectivity index (χ2v) is 6.82. The smallest absolute Gasteiger partial charge is 0.323 e. The van der Waals surface area contributed by atoms with Gasteiger partial charge in [0.15, 0.2) is 5.13 Å². The van der Waals surface area contributed by atoms with E-state index in [1.165, 1.54) is 24.2 Å². The molecule has 0 unspecified atom stereocenters. The van der Waals surface area contributed by atoms with Crippen LogP contribution in [-0.2, 0) is 0 Å². The lowest BCUT2D eigenvalue weighted by Crippen LogP contribution is -2.48. The number of amides is 2. The van der Waals surface area contributed by atoms with E-state index >= 15 is 0 Å². The van der Waals surface area contributed by atoms with Crippen LogP contribution in [0.1, 0.15) is 31.4 Å². The number of thiazole rings is 1. The fraction of sp³-hybridized carbons (Fsp3) is 0.714. The maximum Gasteiger partial charge on any atom is 0.323 e. The van der Waals surface area contributed by atoms with Gasteiger partial charge in [0.2, 0.25) is 0 Å². The lowest BCUT2D eigenvalue weighted by Gasteiger charge is -2.44. The SMILES string of the molecule is Cc1csc(NC(=O)N2CCC3(CCNCC3)CC2)n1. The molecule has 2 N–H and O–H groups in total. The highest BCUT2D eigenvalue weighted by molar-refractivity contribution is 7.13. The zero-order valence-corrected chi connectivity index (χ0v) is 12.8. The van der Waals surface area contributed by atoms with E-state index in [1.54, 1.807) is 0 Å². The first-order chi connectivity index (χ1) is 9.67. The second kappa shape index (κ2) is 5.69. The van der Waals surface area contributed by atoms with Crippen molar-refractivity contribution in [1.82, 2.24) is 15.2 Å². The van der Waals surface area contributed by atoms with Crippen LogP contribution in [0, 0.1) is 12.3 Å². The maximum atomic E-state index is 12.2. The Morgan fingerprint density at radius 1 is 1.35 bits per heavy atom. The predicted octanol–water partition coefficient (Wildman–Crippen LogP) is 2.45. The number of rotatable bonds is 1. The molecule has 2 aliphatic rings. The van der Waals surface area contributed by atoms with E-state index in [0.717, 1.165) is 44.7 Å². The molecular weight excluding hydrogens is 272 g/mol. The number of aryl methyl sites for hydroxylation is 1. The molecular formula is C14H22N4OS. The minimum Gasteiger partial charge on any atom is -0.324 e. The third kappa shape index (κ3) is 2.96. The molecule has 110 valence electrons. The van der Waals surface area contributed by atoms with Crippen LogP contribution in [0.25, 0.3) is 0 Å². The predicted molar refractivity (Wildman–Crippen MR) is 81.2 cm³/mol. The molecule has 2 amide bonds. The summed E-state index contributed by atoms with van der Waals surface area (Å²) in [6.45, 7) is 5.94. The monoisotopic (exact) mass is 294 g/mol. The number of carbonyl (C=O) groups excluding carboxylic acids is 1. The molecule has 1 aromatic rings. The minimum absolute atomic E-state index is 0.00290. The summed E-state index contributed by atoms with van der Waals surface area (Å²) in [6, 6.07) is 0.00290. The van der Waals surface area contributed by atoms with Crippen molar-refractivity contribution in [3.63, 3.8) is 0 Å². The summed E-state index contributed by atoms with van der Waals surface area (Å²) in [5.74, 6) is 0. The molecule has 6 heteroatoms. The summed E-state index contributed by atoms with van der Waals surface area (Å²) in [5, 5.41) is 8.99. The van der Waals surface area contributed by atoms with E-state index in [-0.39, 0.29) is 6.03 Å². The van der Waals surface area contributed by atoms with E-state index in [2.05, 4.69) is 15.6 Å². The van der Waals surface area contributed by atoms with Gasteiger partial charge in [0, 0.05) is 18.5 Å². The molecule has 3 heterocycles. The van der Waals surface area contributed by atoms with Gasteiger partial charge in [-0.3, -0.25) is 5.32 Å². The fourth-order valence-electron chi connectivity index (χ4n) is 3.22. The number of hydrogen-bond donors (Lipinski definition) is 2. The Kier molecular flexibility index (Phi) is 3.94. The number of aromatic nitrogens is 1. The summed E-state index contributed by atoms with van der Waals surface area (Å²) in [5.41, 5.74) is 1.44. The van der Waals surface area contributed by atoms with E-state index in [9.17, 15) is 4.79 Å². The first kappa shape index (κ1) is 13.8. The Balaban J connectivity index is 1.53. The summed E-state index contributed by atoms with van der Waals surface area (Å²) in [4.78, 5) is 18.4. The fourth-order valence-corrected chi connectivity index (χ4v) is 3.90. The van der Waals surface area contributed by atoms with Crippen molar-refractivity contribution in [3.05, 3.63) is 11.1 Å². The molecule has 5 nitrogen and oxygen atoms in total. The topological polar surface area (TPSA) is 57.3 Å². The number of carbonyl (C=O) groups is 1. The standard InChI is InChI=1S/C14H22N4OS/c1-11-10-20-12(16-11)17-13(19)18-8-4-14(5-9-18)2-6-15-7-3-14/h10,15H,2-9H2,1H3,(H,16,17,19). The lowest BCUT2D eigenvalue weighted by atomic mass is 9.72. The second-order valence-electron chi connectivity index (χ2n) is 5.96. The summed E-state index contributed by atoms with van der Waals surface area (Å²) in [6.07, 6.45) is 4.79. The van der Waals surface area contributed by atoms with Crippen molar-refractivity contribution < 1.29 is 4.79 Å². The lowest BCUT2D eigenvalue weighted by molar-refractivity contribution is 0.0915. The van der Waals surface area contributed by atoms with Gasteiger partial charge in [-0.05, 0) is 51.1 Å². The van der Waals surface area contributed by atoms with Gasteiger partial charge in [0.25, 0.3) is 0 Å². The highest BCUT2D eigenvalue weighted by Crippen LogP contribution is 2.39. The van der Waals surface area contributed by atoms with Crippen LogP contribution < -0.4 is 10.6 Å². The Morgan fingerprint density at radius 3 is 2.65 bits per heavy atom. The number of hydrogen-bond acceptors (Lipinski definition) is 4. The number of nitrogens with zero attached hydrogens (tertiary/aromatic N) is 2. The van der Waals surface area contributed by atoms with Gasteiger partial charge >= 0.3 is 6.03 Å². The summed E-state index contributed by atoms with van der Waals surface area (Å²) in [7, 11) is 0. The van der Waals surface area contributed by atoms with Crippen molar-refractivity contribution in [3.8, 4) is 0 Å². The van der Waals surface area contributed by atoms with Crippen molar-refractivity contribution in [1.29, 1.82) is 0 Å². The average Bonchev–Trinajstić information content (AvgIpc) is 2.86. The van der Waals surface area contributed by atoms with Crippen LogP contribution in [0.2, 0.25) is 0 Å². The average molecular weight is 294 g/mol. The number of piperidine rings is 2. The summed E-state index contributed by atoms with van der Waals surface area (Å²) < 4.78 is 0. The van der Waals surface area contributed by atoms with Crippen molar-refractivity contribution in [2.45, 2.75) is 32.6 Å². The van der Waals surface area contributed by atoms with Crippen LogP contribution in [0.5, 0.6) is 0 Å². The van der Waals surface area contributed by atoms with Gasteiger partial charge in [0.1, 0.15) is 0 Å². The zero-order chi connectivity index (χ0) is 14.0. The number of urea groups is 1. The zero-order valence-electron chi connectivity index (χ0n) is 11.9. The van der Waals surface area contributed by atoms with Gasteiger partial charge in [0.05, 0.1) is 5.69 Å². The minimum atomic E-state index is 0.00290. The summed E-state index contributed by atoms with van der Waals surface area (Å²) >= 11 is 1.49. The van der Waals surface area contributed by atoms with Gasteiger partial charge in [-0.1, -0.05) is 0 Å². The molecule has 1 aromatic heterocycles. The number of nitrogens with one attached hydrogen (secondary N) is 2. The highest BCUT2D eigenvalue weighted by Gasteiger charge is 2.36. The Morgan fingerprint density at radius 2 is 2.05 bits per heavy atom. The molecule has 2 aliphatic heterocycles. The third-order valence-electron chi connectivity index (χ3n) is 4.61. The highest BCUT2D eigenvalue weighted by atomic mass is 32.1. The molecule has 3 rings (SSSR count). The molecule has 0 atom stereocenters. The number of anilines is 1. The van der Waals surface area contributed by atoms with E-state index in [4.69, 9.17) is 0 Å². The molecule has 1 spiro atoms. The first-order valence-corrected chi connectivity index (χ1v) is 8.24. The van der Waals surface area contributed by atoms with Gasteiger partial charge < -0.3 is 10.2 Å². The molecule has 2 saturated heterocycles. The third-order valence-corrected chi connectivity index (χ3v) is 5.48. The van der Waals surface area contributed by atoms with E-state index in [1.807, 2.05) is 17.2 Å². The van der Waals surface area contributed by atoms with Crippen LogP contribution >= 0.6 is 11.3 Å². The van der Waals surface area contributed by atoms with Crippen LogP contribution in [0.3, 0.4) is 0 Å². The van der Waals surface area contributed by atoms with Gasteiger partial charge in [-0.2, -0.15) is 0 Å². The Hall–Kier alpha value is -1.14. The van der Waals surface area contributed by atoms with Crippen molar-refractivity contribution in [2.24, 2.45) is 5.41 Å². The molecule has 0 radical (unpaired) electrons. The van der Waals surface area contributed by atoms with Crippen LogP contribution in [0.15, 0.2) is 5.38 Å². The van der Waals surface area contributed by atoms with E-state index < -0.39 is 0 Å². The quantitative estimate of drug-likeness (QED) is 0.836. The van der Waals surface area contributed by atoms with E-state index in [0.29, 0.717) is 10.5 Å². The van der Waals surface area contributed by atoms with Crippen molar-refractivity contribution in [2.75, 3.05) is 31.5 Å². The van der Waals surface area contributed by atoms with Gasteiger partial charge in [-0.15, -0.1) is 11.3 Å². The van der Waals surface area contributed by atoms with Crippen LogP contribution in [-0.4, -0.2) is 42.1 Å². The Bertz CT molecular complexity index is 471. The van der Waals surface area contributed by atoms with Crippen LogP contribution in [0.4, 0.5) is 9.93 Å². The molecule has 0 aliphatic carbocycles. The molecule has 2 fully saturated rings. The molecule has 0 aromatic carbocycles. The van der Waals surface area contributed by atoms with Crippen molar-refractivity contribution >= 4 is 22.5 Å². The molecule has 20 heavy (non-hydrogen) atoms. The maximum absolute atomic E-state index is 12.2. The molecule has 0 bridgehead atoms. The van der Waals surface area contributed by atoms with Gasteiger partial charge in [-0.25, -0.2) is 9.78 Å². The normalized spacial score (nSPS) is 21.9. The number of likely N-dealkylation sites (tertiary alicyclic amines) is 1. The molecule has 0 saturated carbocycles.